The van der Waals surface area contributed by atoms with Crippen molar-refractivity contribution in [2.75, 3.05) is 7.11 Å². The standard InChI is InChI=1S/C13H21NO/c1-8(2)12(14)11-7-9(3)6-10(4)13(11)15-5/h6-8,12H,14H2,1-5H3. The zero-order valence-corrected chi connectivity index (χ0v) is 10.3. The number of rotatable bonds is 3. The monoisotopic (exact) mass is 207 g/mol. The smallest absolute Gasteiger partial charge is 0.126 e. The summed E-state index contributed by atoms with van der Waals surface area (Å²) in [6.45, 7) is 8.40. The van der Waals surface area contributed by atoms with E-state index in [0.717, 1.165) is 16.9 Å². The number of ether oxygens (including phenoxy) is 1. The lowest BCUT2D eigenvalue weighted by Gasteiger charge is -2.21. The summed E-state index contributed by atoms with van der Waals surface area (Å²) in [4.78, 5) is 0. The van der Waals surface area contributed by atoms with E-state index in [1.54, 1.807) is 7.11 Å². The molecule has 0 fully saturated rings. The minimum absolute atomic E-state index is 0.0403. The predicted octanol–water partition coefficient (Wildman–Crippen LogP) is 2.97. The van der Waals surface area contributed by atoms with Crippen LogP contribution in [0.15, 0.2) is 12.1 Å². The van der Waals surface area contributed by atoms with Crippen molar-refractivity contribution in [2.45, 2.75) is 33.7 Å². The van der Waals surface area contributed by atoms with Crippen LogP contribution in [0.3, 0.4) is 0 Å². The molecular formula is C13H21NO. The van der Waals surface area contributed by atoms with Crippen LogP contribution in [0.1, 0.15) is 36.6 Å². The first-order chi connectivity index (χ1) is 6.97. The molecule has 0 aliphatic heterocycles. The third kappa shape index (κ3) is 2.51. The van der Waals surface area contributed by atoms with Crippen molar-refractivity contribution in [1.82, 2.24) is 0 Å². The Kier molecular flexibility index (Phi) is 3.75. The van der Waals surface area contributed by atoms with Crippen molar-refractivity contribution in [3.8, 4) is 5.75 Å². The Balaban J connectivity index is 3.26. The van der Waals surface area contributed by atoms with Crippen molar-refractivity contribution in [1.29, 1.82) is 0 Å². The van der Waals surface area contributed by atoms with Gasteiger partial charge in [0.1, 0.15) is 5.75 Å². The van der Waals surface area contributed by atoms with Gasteiger partial charge >= 0.3 is 0 Å². The van der Waals surface area contributed by atoms with Gasteiger partial charge in [0.05, 0.1) is 7.11 Å². The van der Waals surface area contributed by atoms with Crippen LogP contribution in [0.5, 0.6) is 5.75 Å². The van der Waals surface area contributed by atoms with Gasteiger partial charge in [0.25, 0.3) is 0 Å². The average Bonchev–Trinajstić information content (AvgIpc) is 2.15. The molecule has 1 atom stereocenters. The van der Waals surface area contributed by atoms with Crippen LogP contribution in [0.25, 0.3) is 0 Å². The van der Waals surface area contributed by atoms with Gasteiger partial charge in [0.2, 0.25) is 0 Å². The van der Waals surface area contributed by atoms with Crippen molar-refractivity contribution >= 4 is 0 Å². The summed E-state index contributed by atoms with van der Waals surface area (Å²) >= 11 is 0. The minimum Gasteiger partial charge on any atom is -0.496 e. The fraction of sp³-hybridized carbons (Fsp3) is 0.538. The molecule has 0 amide bonds. The SMILES string of the molecule is COc1c(C)cc(C)cc1C(N)C(C)C. The van der Waals surface area contributed by atoms with E-state index in [9.17, 15) is 0 Å². The molecule has 0 aromatic heterocycles. The first-order valence-corrected chi connectivity index (χ1v) is 5.38. The molecule has 2 nitrogen and oxygen atoms in total. The van der Waals surface area contributed by atoms with E-state index in [2.05, 4.69) is 39.8 Å². The second-order valence-electron chi connectivity index (χ2n) is 4.47. The van der Waals surface area contributed by atoms with Crippen LogP contribution < -0.4 is 10.5 Å². The molecule has 2 N–H and O–H groups in total. The zero-order chi connectivity index (χ0) is 11.6. The second-order valence-corrected chi connectivity index (χ2v) is 4.47. The van der Waals surface area contributed by atoms with E-state index >= 15 is 0 Å². The van der Waals surface area contributed by atoms with Gasteiger partial charge in [-0.05, 0) is 25.3 Å². The second kappa shape index (κ2) is 4.67. The predicted molar refractivity (Wildman–Crippen MR) is 64.2 cm³/mol. The van der Waals surface area contributed by atoms with Gasteiger partial charge < -0.3 is 10.5 Å². The van der Waals surface area contributed by atoms with Gasteiger partial charge in [0.15, 0.2) is 0 Å². The lowest BCUT2D eigenvalue weighted by Crippen LogP contribution is -2.18. The maximum absolute atomic E-state index is 6.17. The molecule has 15 heavy (non-hydrogen) atoms. The topological polar surface area (TPSA) is 35.2 Å². The largest absolute Gasteiger partial charge is 0.496 e. The molecule has 0 saturated heterocycles. The third-order valence-corrected chi connectivity index (χ3v) is 2.73. The number of benzene rings is 1. The van der Waals surface area contributed by atoms with Crippen molar-refractivity contribution in [3.05, 3.63) is 28.8 Å². The maximum atomic E-state index is 6.17. The summed E-state index contributed by atoms with van der Waals surface area (Å²) in [7, 11) is 1.70. The maximum Gasteiger partial charge on any atom is 0.126 e. The highest BCUT2D eigenvalue weighted by Gasteiger charge is 2.17. The molecule has 84 valence electrons. The van der Waals surface area contributed by atoms with Crippen LogP contribution in [0.2, 0.25) is 0 Å². The van der Waals surface area contributed by atoms with E-state index in [0.29, 0.717) is 5.92 Å². The van der Waals surface area contributed by atoms with Crippen LogP contribution in [-0.2, 0) is 0 Å². The molecule has 1 unspecified atom stereocenters. The van der Waals surface area contributed by atoms with Gasteiger partial charge in [0, 0.05) is 11.6 Å². The molecule has 2 heteroatoms. The molecule has 0 saturated carbocycles. The molecule has 1 rings (SSSR count). The lowest BCUT2D eigenvalue weighted by molar-refractivity contribution is 0.393. The third-order valence-electron chi connectivity index (χ3n) is 2.73. The zero-order valence-electron chi connectivity index (χ0n) is 10.3. The Labute approximate surface area is 92.4 Å². The highest BCUT2D eigenvalue weighted by molar-refractivity contribution is 5.45. The van der Waals surface area contributed by atoms with Gasteiger partial charge in [-0.1, -0.05) is 31.5 Å². The average molecular weight is 207 g/mol. The Hall–Kier alpha value is -1.02. The molecule has 0 heterocycles. The summed E-state index contributed by atoms with van der Waals surface area (Å²) < 4.78 is 5.42. The van der Waals surface area contributed by atoms with Crippen molar-refractivity contribution in [2.24, 2.45) is 11.7 Å². The molecule has 0 radical (unpaired) electrons. The van der Waals surface area contributed by atoms with Crippen LogP contribution in [0.4, 0.5) is 0 Å². The molecular weight excluding hydrogens is 186 g/mol. The van der Waals surface area contributed by atoms with Gasteiger partial charge in [-0.3, -0.25) is 0 Å². The lowest BCUT2D eigenvalue weighted by atomic mass is 9.93. The van der Waals surface area contributed by atoms with E-state index in [-0.39, 0.29) is 6.04 Å². The fourth-order valence-corrected chi connectivity index (χ4v) is 1.87. The van der Waals surface area contributed by atoms with E-state index in [1.165, 1.54) is 5.56 Å². The number of methoxy groups -OCH3 is 1. The van der Waals surface area contributed by atoms with Crippen molar-refractivity contribution in [3.63, 3.8) is 0 Å². The molecule has 0 aliphatic carbocycles. The molecule has 0 aliphatic rings. The molecule has 1 aromatic rings. The first kappa shape index (κ1) is 12.1. The Morgan fingerprint density at radius 2 is 1.80 bits per heavy atom. The summed E-state index contributed by atoms with van der Waals surface area (Å²) in [6, 6.07) is 4.28. The Morgan fingerprint density at radius 3 is 2.27 bits per heavy atom. The number of nitrogens with two attached hydrogens (primary N) is 1. The number of hydrogen-bond acceptors (Lipinski definition) is 2. The molecule has 0 bridgehead atoms. The van der Waals surface area contributed by atoms with E-state index in [1.807, 2.05) is 0 Å². The minimum atomic E-state index is 0.0403. The summed E-state index contributed by atoms with van der Waals surface area (Å²) in [5.41, 5.74) is 9.68. The summed E-state index contributed by atoms with van der Waals surface area (Å²) in [6.07, 6.45) is 0. The quantitative estimate of drug-likeness (QED) is 0.827. The Bertz CT molecular complexity index is 345. The number of aryl methyl sites for hydroxylation is 2. The first-order valence-electron chi connectivity index (χ1n) is 5.38. The van der Waals surface area contributed by atoms with Gasteiger partial charge in [-0.15, -0.1) is 0 Å². The highest BCUT2D eigenvalue weighted by Crippen LogP contribution is 2.32. The van der Waals surface area contributed by atoms with Gasteiger partial charge in [-0.2, -0.15) is 0 Å². The van der Waals surface area contributed by atoms with Crippen LogP contribution >= 0.6 is 0 Å². The van der Waals surface area contributed by atoms with Crippen LogP contribution in [0, 0.1) is 19.8 Å². The highest BCUT2D eigenvalue weighted by atomic mass is 16.5. The van der Waals surface area contributed by atoms with E-state index < -0.39 is 0 Å². The summed E-state index contributed by atoms with van der Waals surface area (Å²) in [5, 5.41) is 0. The number of hydrogen-bond donors (Lipinski definition) is 1. The van der Waals surface area contributed by atoms with Gasteiger partial charge in [-0.25, -0.2) is 0 Å². The summed E-state index contributed by atoms with van der Waals surface area (Å²) in [5.74, 6) is 1.35. The fourth-order valence-electron chi connectivity index (χ4n) is 1.87. The van der Waals surface area contributed by atoms with Crippen LogP contribution in [-0.4, -0.2) is 7.11 Å². The van der Waals surface area contributed by atoms with Crippen molar-refractivity contribution < 1.29 is 4.74 Å². The molecule has 0 spiro atoms. The molecule has 1 aromatic carbocycles. The van der Waals surface area contributed by atoms with E-state index in [4.69, 9.17) is 10.5 Å². The normalized spacial score (nSPS) is 13.0. The Morgan fingerprint density at radius 1 is 1.20 bits per heavy atom.